The number of halogens is 1. The minimum absolute atomic E-state index is 0.0293. The predicted octanol–water partition coefficient (Wildman–Crippen LogP) is 3.70. The Balaban J connectivity index is 2.27. The molecule has 2 rings (SSSR count). The van der Waals surface area contributed by atoms with E-state index in [0.717, 1.165) is 10.2 Å². The fraction of sp³-hybridized carbons (Fsp3) is 0.533. The van der Waals surface area contributed by atoms with Crippen LogP contribution in [-0.4, -0.2) is 25.1 Å². The molecule has 3 nitrogen and oxygen atoms in total. The summed E-state index contributed by atoms with van der Waals surface area (Å²) in [6, 6.07) is 5.45. The van der Waals surface area contributed by atoms with Crippen LogP contribution in [0.3, 0.4) is 0 Å². The smallest absolute Gasteiger partial charge is 0.168 e. The van der Waals surface area contributed by atoms with Crippen molar-refractivity contribution in [3.05, 3.63) is 28.2 Å². The van der Waals surface area contributed by atoms with Crippen molar-refractivity contribution in [3.63, 3.8) is 0 Å². The monoisotopic (exact) mass is 326 g/mol. The van der Waals surface area contributed by atoms with E-state index in [1.165, 1.54) is 0 Å². The van der Waals surface area contributed by atoms with Crippen molar-refractivity contribution < 1.29 is 14.3 Å². The maximum absolute atomic E-state index is 12.6. The first-order valence-electron chi connectivity index (χ1n) is 6.49. The van der Waals surface area contributed by atoms with Crippen LogP contribution in [0.5, 0.6) is 5.75 Å². The second-order valence-electron chi connectivity index (χ2n) is 5.14. The van der Waals surface area contributed by atoms with Gasteiger partial charge in [-0.3, -0.25) is 4.79 Å². The van der Waals surface area contributed by atoms with Crippen LogP contribution in [0.2, 0.25) is 0 Å². The van der Waals surface area contributed by atoms with E-state index in [0.29, 0.717) is 5.56 Å². The molecular weight excluding hydrogens is 308 g/mol. The number of methoxy groups -OCH3 is 1. The highest BCUT2D eigenvalue weighted by atomic mass is 79.9. The highest BCUT2D eigenvalue weighted by Gasteiger charge is 2.41. The SMILES string of the molecule is COc1ccc(C(=O)C2C(C)OC(C)C2C)cc1Br. The third kappa shape index (κ3) is 2.70. The Morgan fingerprint density at radius 3 is 2.42 bits per heavy atom. The lowest BCUT2D eigenvalue weighted by atomic mass is 9.83. The summed E-state index contributed by atoms with van der Waals surface area (Å²) < 4.78 is 11.7. The summed E-state index contributed by atoms with van der Waals surface area (Å²) in [7, 11) is 1.61. The molecule has 0 aliphatic carbocycles. The minimum Gasteiger partial charge on any atom is -0.496 e. The van der Waals surface area contributed by atoms with Crippen LogP contribution in [0.1, 0.15) is 31.1 Å². The summed E-state index contributed by atoms with van der Waals surface area (Å²) in [5.41, 5.74) is 0.703. The molecule has 1 aliphatic rings. The zero-order chi connectivity index (χ0) is 14.2. The van der Waals surface area contributed by atoms with Gasteiger partial charge in [-0.1, -0.05) is 6.92 Å². The summed E-state index contributed by atoms with van der Waals surface area (Å²) in [6.07, 6.45) is 0.101. The maximum atomic E-state index is 12.6. The third-order valence-electron chi connectivity index (χ3n) is 3.98. The van der Waals surface area contributed by atoms with Gasteiger partial charge in [0.25, 0.3) is 0 Å². The van der Waals surface area contributed by atoms with Crippen molar-refractivity contribution in [1.29, 1.82) is 0 Å². The Kier molecular flexibility index (Phi) is 4.31. The number of ether oxygens (including phenoxy) is 2. The zero-order valence-corrected chi connectivity index (χ0v) is 13.2. The molecule has 1 aliphatic heterocycles. The Morgan fingerprint density at radius 1 is 1.26 bits per heavy atom. The maximum Gasteiger partial charge on any atom is 0.168 e. The van der Waals surface area contributed by atoms with Crippen LogP contribution in [0.15, 0.2) is 22.7 Å². The van der Waals surface area contributed by atoms with Crippen molar-refractivity contribution in [2.24, 2.45) is 11.8 Å². The van der Waals surface area contributed by atoms with Crippen LogP contribution in [0.25, 0.3) is 0 Å². The van der Waals surface area contributed by atoms with Gasteiger partial charge in [0, 0.05) is 5.56 Å². The van der Waals surface area contributed by atoms with Crippen LogP contribution in [0, 0.1) is 11.8 Å². The van der Waals surface area contributed by atoms with Gasteiger partial charge >= 0.3 is 0 Å². The van der Waals surface area contributed by atoms with Crippen LogP contribution >= 0.6 is 15.9 Å². The highest BCUT2D eigenvalue weighted by Crippen LogP contribution is 2.35. The largest absolute Gasteiger partial charge is 0.496 e. The van der Waals surface area contributed by atoms with Crippen molar-refractivity contribution in [2.45, 2.75) is 33.0 Å². The normalized spacial score (nSPS) is 30.4. The highest BCUT2D eigenvalue weighted by molar-refractivity contribution is 9.10. The third-order valence-corrected chi connectivity index (χ3v) is 4.60. The minimum atomic E-state index is -0.0738. The number of Topliss-reactive ketones (excluding diaryl/α,β-unsaturated/α-hetero) is 1. The van der Waals surface area contributed by atoms with Gasteiger partial charge in [0.15, 0.2) is 5.78 Å². The van der Waals surface area contributed by atoms with Crippen LogP contribution in [-0.2, 0) is 4.74 Å². The van der Waals surface area contributed by atoms with Gasteiger partial charge in [-0.15, -0.1) is 0 Å². The van der Waals surface area contributed by atoms with Gasteiger partial charge in [0.1, 0.15) is 5.75 Å². The van der Waals surface area contributed by atoms with Gasteiger partial charge in [-0.05, 0) is 53.9 Å². The first-order chi connectivity index (χ1) is 8.95. The molecule has 0 bridgehead atoms. The van der Waals surface area contributed by atoms with E-state index in [1.54, 1.807) is 7.11 Å². The fourth-order valence-corrected chi connectivity index (χ4v) is 3.27. The molecule has 19 heavy (non-hydrogen) atoms. The Bertz CT molecular complexity index is 486. The molecule has 1 aromatic carbocycles. The van der Waals surface area contributed by atoms with Gasteiger partial charge in [-0.2, -0.15) is 0 Å². The number of rotatable bonds is 3. The van der Waals surface area contributed by atoms with Crippen molar-refractivity contribution >= 4 is 21.7 Å². The lowest BCUT2D eigenvalue weighted by molar-refractivity contribution is 0.0491. The standard InChI is InChI=1S/C15H19BrO3/c1-8-9(2)19-10(3)14(8)15(17)11-5-6-13(18-4)12(16)7-11/h5-10,14H,1-4H3. The van der Waals surface area contributed by atoms with E-state index >= 15 is 0 Å². The van der Waals surface area contributed by atoms with E-state index in [1.807, 2.05) is 32.0 Å². The second-order valence-corrected chi connectivity index (χ2v) is 6.00. The summed E-state index contributed by atoms with van der Waals surface area (Å²) in [4.78, 5) is 12.6. The molecule has 1 heterocycles. The molecule has 1 aromatic rings. The molecule has 1 fully saturated rings. The molecule has 104 valence electrons. The van der Waals surface area contributed by atoms with Gasteiger partial charge in [0.05, 0.1) is 29.7 Å². The average Bonchev–Trinajstić information content (AvgIpc) is 2.62. The Labute approximate surface area is 122 Å². The van der Waals surface area contributed by atoms with Crippen molar-refractivity contribution in [1.82, 2.24) is 0 Å². The molecule has 4 atom stereocenters. The van der Waals surface area contributed by atoms with E-state index in [2.05, 4.69) is 22.9 Å². The first kappa shape index (κ1) is 14.5. The average molecular weight is 327 g/mol. The molecule has 0 N–H and O–H groups in total. The zero-order valence-electron chi connectivity index (χ0n) is 11.6. The molecule has 4 heteroatoms. The lowest BCUT2D eigenvalue weighted by Crippen LogP contribution is -2.26. The summed E-state index contributed by atoms with van der Waals surface area (Å²) >= 11 is 3.42. The van der Waals surface area contributed by atoms with E-state index < -0.39 is 0 Å². The van der Waals surface area contributed by atoms with Gasteiger partial charge < -0.3 is 9.47 Å². The quantitative estimate of drug-likeness (QED) is 0.794. The van der Waals surface area contributed by atoms with Crippen LogP contribution in [0.4, 0.5) is 0 Å². The Hall–Kier alpha value is -0.870. The molecule has 0 aromatic heterocycles. The van der Waals surface area contributed by atoms with E-state index in [-0.39, 0.29) is 29.8 Å². The van der Waals surface area contributed by atoms with E-state index in [9.17, 15) is 4.79 Å². The number of benzene rings is 1. The molecule has 4 unspecified atom stereocenters. The molecule has 0 radical (unpaired) electrons. The fourth-order valence-electron chi connectivity index (χ4n) is 2.73. The molecule has 1 saturated heterocycles. The molecule has 0 saturated carbocycles. The summed E-state index contributed by atoms with van der Waals surface area (Å²) in [5, 5.41) is 0. The molecular formula is C15H19BrO3. The van der Waals surface area contributed by atoms with Crippen molar-refractivity contribution in [3.8, 4) is 5.75 Å². The Morgan fingerprint density at radius 2 is 1.95 bits per heavy atom. The van der Waals surface area contributed by atoms with Crippen LogP contribution < -0.4 is 4.74 Å². The second kappa shape index (κ2) is 5.63. The topological polar surface area (TPSA) is 35.5 Å². The van der Waals surface area contributed by atoms with Gasteiger partial charge in [-0.25, -0.2) is 0 Å². The number of hydrogen-bond acceptors (Lipinski definition) is 3. The van der Waals surface area contributed by atoms with Crippen molar-refractivity contribution in [2.75, 3.05) is 7.11 Å². The lowest BCUT2D eigenvalue weighted by Gasteiger charge is -2.17. The summed E-state index contributed by atoms with van der Waals surface area (Å²) in [5.74, 6) is 1.04. The first-order valence-corrected chi connectivity index (χ1v) is 7.28. The molecule has 0 spiro atoms. The van der Waals surface area contributed by atoms with Gasteiger partial charge in [0.2, 0.25) is 0 Å². The summed E-state index contributed by atoms with van der Waals surface area (Å²) in [6.45, 7) is 6.08. The number of carbonyl (C=O) groups is 1. The number of carbonyl (C=O) groups excluding carboxylic acids is 1. The predicted molar refractivity (Wildman–Crippen MR) is 77.7 cm³/mol. The van der Waals surface area contributed by atoms with E-state index in [4.69, 9.17) is 9.47 Å². The number of hydrogen-bond donors (Lipinski definition) is 0. The molecule has 0 amide bonds. The number of ketones is 1.